The second-order valence-electron chi connectivity index (χ2n) is 11.6. The van der Waals surface area contributed by atoms with Gasteiger partial charge in [-0.15, -0.1) is 0 Å². The van der Waals surface area contributed by atoms with E-state index in [4.69, 9.17) is 4.74 Å². The maximum Gasteiger partial charge on any atom is 0.434 e. The van der Waals surface area contributed by atoms with Crippen molar-refractivity contribution < 1.29 is 36.3 Å². The van der Waals surface area contributed by atoms with Crippen LogP contribution >= 0.6 is 0 Å². The smallest absolute Gasteiger partial charge is 0.434 e. The van der Waals surface area contributed by atoms with Gasteiger partial charge in [-0.2, -0.15) is 23.3 Å². The number of alkyl halides is 3. The average Bonchev–Trinajstić information content (AvgIpc) is 3.50. The molecule has 2 heterocycles. The summed E-state index contributed by atoms with van der Waals surface area (Å²) in [5.74, 6) is -2.93. The predicted octanol–water partition coefficient (Wildman–Crippen LogP) is 5.96. The summed E-state index contributed by atoms with van der Waals surface area (Å²) in [5, 5.41) is 12.2. The van der Waals surface area contributed by atoms with Crippen LogP contribution in [0, 0.1) is 11.6 Å². The Morgan fingerprint density at radius 3 is 2.53 bits per heavy atom. The van der Waals surface area contributed by atoms with Crippen molar-refractivity contribution in [1.29, 1.82) is 0 Å². The second-order valence-corrected chi connectivity index (χ2v) is 11.6. The third kappa shape index (κ3) is 9.37. The van der Waals surface area contributed by atoms with E-state index in [1.54, 1.807) is 6.08 Å². The summed E-state index contributed by atoms with van der Waals surface area (Å²) in [6.45, 7) is 0.656. The summed E-state index contributed by atoms with van der Waals surface area (Å²) in [5.41, 5.74) is -2.46. The van der Waals surface area contributed by atoms with E-state index in [0.717, 1.165) is 55.8 Å². The first kappa shape index (κ1) is 34.9. The van der Waals surface area contributed by atoms with Gasteiger partial charge >= 0.3 is 6.18 Å². The van der Waals surface area contributed by atoms with E-state index >= 15 is 4.39 Å². The molecule has 0 aliphatic heterocycles. The number of carbonyl (C=O) groups is 2. The van der Waals surface area contributed by atoms with Crippen LogP contribution in [0.4, 0.5) is 33.6 Å². The molecule has 0 saturated heterocycles. The molecule has 0 spiro atoms. The SMILES string of the molecule is CN(C)C/C=C/C(=O)NC1CCCC(Nc2nccc(Oc3ccc(NC(=O)c4cnn(-c5ccc(F)cc5)c4C(F)(F)F)cc3F)n2)C1. The molecule has 3 N–H and O–H groups in total. The Balaban J connectivity index is 1.21. The minimum absolute atomic E-state index is 0.0166. The molecular weight excluding hydrogens is 651 g/mol. The number of hydrogen-bond donors (Lipinski definition) is 3. The lowest BCUT2D eigenvalue weighted by molar-refractivity contribution is -0.143. The Labute approximate surface area is 278 Å². The molecule has 1 aliphatic rings. The van der Waals surface area contributed by atoms with Crippen molar-refractivity contribution in [3.8, 4) is 17.3 Å². The van der Waals surface area contributed by atoms with Gasteiger partial charge in [0.25, 0.3) is 5.91 Å². The Hall–Kier alpha value is -5.38. The summed E-state index contributed by atoms with van der Waals surface area (Å²) < 4.78 is 76.4. The molecule has 5 rings (SSSR count). The number of carbonyl (C=O) groups excluding carboxylic acids is 2. The molecule has 11 nitrogen and oxygen atoms in total. The van der Waals surface area contributed by atoms with Gasteiger partial charge in [-0.05, 0) is 76.2 Å². The van der Waals surface area contributed by atoms with Crippen LogP contribution in [0.25, 0.3) is 5.69 Å². The van der Waals surface area contributed by atoms with Crippen molar-refractivity contribution >= 4 is 23.5 Å². The summed E-state index contributed by atoms with van der Waals surface area (Å²) >= 11 is 0. The molecule has 1 aliphatic carbocycles. The fourth-order valence-electron chi connectivity index (χ4n) is 5.26. The predicted molar refractivity (Wildman–Crippen MR) is 170 cm³/mol. The monoisotopic (exact) mass is 684 g/mol. The van der Waals surface area contributed by atoms with Gasteiger partial charge < -0.3 is 25.6 Å². The maximum atomic E-state index is 15.0. The summed E-state index contributed by atoms with van der Waals surface area (Å²) in [7, 11) is 3.82. The molecule has 258 valence electrons. The second kappa shape index (κ2) is 15.2. The lowest BCUT2D eigenvalue weighted by Gasteiger charge is -2.30. The van der Waals surface area contributed by atoms with Crippen LogP contribution in [-0.4, -0.2) is 69.2 Å². The lowest BCUT2D eigenvalue weighted by Crippen LogP contribution is -2.41. The number of halogens is 5. The van der Waals surface area contributed by atoms with Gasteiger partial charge in [0, 0.05) is 48.7 Å². The zero-order valence-electron chi connectivity index (χ0n) is 26.5. The zero-order valence-corrected chi connectivity index (χ0v) is 26.5. The van der Waals surface area contributed by atoms with Crippen LogP contribution < -0.4 is 20.7 Å². The molecule has 2 unspecified atom stereocenters. The first-order valence-corrected chi connectivity index (χ1v) is 15.3. The largest absolute Gasteiger partial charge is 0.436 e. The number of aromatic nitrogens is 4. The number of likely N-dealkylation sites (N-methyl/N-ethyl adjacent to an activating group) is 1. The zero-order chi connectivity index (χ0) is 35.1. The van der Waals surface area contributed by atoms with Crippen LogP contribution in [0.2, 0.25) is 0 Å². The van der Waals surface area contributed by atoms with Crippen molar-refractivity contribution in [1.82, 2.24) is 30.0 Å². The van der Waals surface area contributed by atoms with Crippen molar-refractivity contribution in [2.45, 2.75) is 43.9 Å². The third-order valence-corrected chi connectivity index (χ3v) is 7.48. The highest BCUT2D eigenvalue weighted by Crippen LogP contribution is 2.34. The first-order chi connectivity index (χ1) is 23.4. The Kier molecular flexibility index (Phi) is 10.9. The van der Waals surface area contributed by atoms with Gasteiger partial charge in [-0.1, -0.05) is 6.08 Å². The van der Waals surface area contributed by atoms with Gasteiger partial charge in [0.1, 0.15) is 5.82 Å². The first-order valence-electron chi connectivity index (χ1n) is 15.3. The minimum Gasteiger partial charge on any atom is -0.436 e. The molecule has 16 heteroatoms. The number of benzene rings is 2. The topological polar surface area (TPSA) is 126 Å². The highest BCUT2D eigenvalue weighted by Gasteiger charge is 2.40. The number of anilines is 2. The summed E-state index contributed by atoms with van der Waals surface area (Å²) in [6.07, 6.45) is 3.68. The molecule has 1 fully saturated rings. The Bertz CT molecular complexity index is 1810. The number of nitrogens with one attached hydrogen (secondary N) is 3. The quantitative estimate of drug-likeness (QED) is 0.131. The summed E-state index contributed by atoms with van der Waals surface area (Å²) in [6, 6.07) is 8.79. The fraction of sp³-hybridized carbons (Fsp3) is 0.303. The van der Waals surface area contributed by atoms with Gasteiger partial charge in [0.05, 0.1) is 17.4 Å². The Morgan fingerprint density at radius 2 is 1.82 bits per heavy atom. The number of nitrogens with zero attached hydrogens (tertiary/aromatic N) is 5. The van der Waals surface area contributed by atoms with Gasteiger partial charge in [-0.25, -0.2) is 18.4 Å². The number of hydrogen-bond acceptors (Lipinski definition) is 8. The van der Waals surface area contributed by atoms with Crippen LogP contribution in [0.15, 0.2) is 73.1 Å². The van der Waals surface area contributed by atoms with Crippen molar-refractivity contribution in [3.05, 3.63) is 96.0 Å². The highest BCUT2D eigenvalue weighted by atomic mass is 19.4. The van der Waals surface area contributed by atoms with Crippen LogP contribution in [-0.2, 0) is 11.0 Å². The van der Waals surface area contributed by atoms with E-state index in [1.807, 2.05) is 19.0 Å². The van der Waals surface area contributed by atoms with Crippen molar-refractivity contribution in [2.24, 2.45) is 0 Å². The normalized spacial score (nSPS) is 16.5. The fourth-order valence-corrected chi connectivity index (χ4v) is 5.26. The summed E-state index contributed by atoms with van der Waals surface area (Å²) in [4.78, 5) is 35.6. The van der Waals surface area contributed by atoms with Crippen LogP contribution in [0.1, 0.15) is 41.7 Å². The minimum atomic E-state index is -5.00. The average molecular weight is 685 g/mol. The third-order valence-electron chi connectivity index (χ3n) is 7.48. The molecule has 49 heavy (non-hydrogen) atoms. The van der Waals surface area contributed by atoms with Gasteiger partial charge in [0.15, 0.2) is 17.3 Å². The van der Waals surface area contributed by atoms with E-state index in [0.29, 0.717) is 17.6 Å². The molecule has 0 bridgehead atoms. The molecule has 2 amide bonds. The van der Waals surface area contributed by atoms with Crippen LogP contribution in [0.3, 0.4) is 0 Å². The Morgan fingerprint density at radius 1 is 1.06 bits per heavy atom. The number of rotatable bonds is 11. The van der Waals surface area contributed by atoms with E-state index in [-0.39, 0.29) is 46.9 Å². The van der Waals surface area contributed by atoms with Crippen molar-refractivity contribution in [2.75, 3.05) is 31.3 Å². The molecule has 1 saturated carbocycles. The number of amides is 2. The molecule has 2 aromatic carbocycles. The maximum absolute atomic E-state index is 15.0. The highest BCUT2D eigenvalue weighted by molar-refractivity contribution is 6.05. The molecule has 2 atom stereocenters. The van der Waals surface area contributed by atoms with E-state index in [1.165, 1.54) is 30.5 Å². The van der Waals surface area contributed by atoms with E-state index < -0.39 is 35.0 Å². The molecule has 2 aromatic heterocycles. The van der Waals surface area contributed by atoms with Crippen molar-refractivity contribution in [3.63, 3.8) is 0 Å². The van der Waals surface area contributed by atoms with E-state index in [9.17, 15) is 27.2 Å². The van der Waals surface area contributed by atoms with Gasteiger partial charge in [-0.3, -0.25) is 9.59 Å². The van der Waals surface area contributed by atoms with Gasteiger partial charge in [0.2, 0.25) is 17.7 Å². The molecule has 4 aromatic rings. The number of ether oxygens (including phenoxy) is 1. The van der Waals surface area contributed by atoms with E-state index in [2.05, 4.69) is 31.0 Å². The molecular formula is C33H33F5N8O3. The molecule has 0 radical (unpaired) electrons. The standard InChI is InChI=1S/C33H33F5N8O3/c1-45(2)16-4-7-28(47)41-21-5-3-6-22(17-21)43-32-39-15-14-29(44-32)49-27-13-10-23(18-26(27)35)42-31(48)25-19-40-46(30(25)33(36,37)38)24-11-8-20(34)9-12-24/h4,7-15,18-19,21-22H,3,5-6,16-17H2,1-2H3,(H,41,47)(H,42,48)(H,39,43,44)/b7-4+. The lowest BCUT2D eigenvalue weighted by atomic mass is 9.91. The van der Waals surface area contributed by atoms with Crippen LogP contribution in [0.5, 0.6) is 11.6 Å².